The summed E-state index contributed by atoms with van der Waals surface area (Å²) < 4.78 is 10.1. The molecule has 136 valence electrons. The van der Waals surface area contributed by atoms with Crippen molar-refractivity contribution >= 4 is 28.9 Å². The Morgan fingerprint density at radius 2 is 1.81 bits per heavy atom. The Hall–Kier alpha value is -3.47. The number of nitrogens with one attached hydrogen (secondary N) is 1. The van der Waals surface area contributed by atoms with Crippen LogP contribution in [-0.4, -0.2) is 42.1 Å². The summed E-state index contributed by atoms with van der Waals surface area (Å²) in [5.74, 6) is -1.48. The van der Waals surface area contributed by atoms with Gasteiger partial charge in [0.05, 0.1) is 35.6 Å². The van der Waals surface area contributed by atoms with Crippen LogP contribution in [0, 0.1) is 20.2 Å². The zero-order chi connectivity index (χ0) is 18.7. The zero-order valence-electron chi connectivity index (χ0n) is 13.4. The fraction of sp³-hybridized carbons (Fsp3) is 0.267. The third-order valence-corrected chi connectivity index (χ3v) is 3.79. The molecule has 11 heteroatoms. The highest BCUT2D eigenvalue weighted by Crippen LogP contribution is 2.31. The molecular formula is C15H14N4O7. The highest BCUT2D eigenvalue weighted by Gasteiger charge is 2.22. The number of rotatable bonds is 5. The quantitative estimate of drug-likeness (QED) is 0.630. The van der Waals surface area contributed by atoms with E-state index >= 15 is 0 Å². The van der Waals surface area contributed by atoms with Gasteiger partial charge in [0, 0.05) is 25.2 Å². The second kappa shape index (κ2) is 7.19. The molecule has 26 heavy (non-hydrogen) atoms. The molecule has 0 radical (unpaired) electrons. The van der Waals surface area contributed by atoms with Crippen LogP contribution < -0.4 is 10.2 Å². The summed E-state index contributed by atoms with van der Waals surface area (Å²) in [5, 5.41) is 24.3. The van der Waals surface area contributed by atoms with Gasteiger partial charge in [0.2, 0.25) is 0 Å². The van der Waals surface area contributed by atoms with Gasteiger partial charge in [-0.1, -0.05) is 0 Å². The van der Waals surface area contributed by atoms with E-state index in [9.17, 15) is 25.0 Å². The second-order valence-electron chi connectivity index (χ2n) is 5.41. The largest absolute Gasteiger partial charge is 0.433 e. The van der Waals surface area contributed by atoms with Crippen molar-refractivity contribution in [2.45, 2.75) is 0 Å². The third-order valence-electron chi connectivity index (χ3n) is 3.79. The van der Waals surface area contributed by atoms with E-state index in [0.717, 1.165) is 6.07 Å². The van der Waals surface area contributed by atoms with Gasteiger partial charge in [0.15, 0.2) is 5.76 Å². The molecule has 1 fully saturated rings. The van der Waals surface area contributed by atoms with Gasteiger partial charge in [-0.2, -0.15) is 0 Å². The smallest absolute Gasteiger partial charge is 0.395 e. The number of ether oxygens (including phenoxy) is 1. The van der Waals surface area contributed by atoms with E-state index in [1.54, 1.807) is 0 Å². The highest BCUT2D eigenvalue weighted by atomic mass is 16.6. The Balaban J connectivity index is 1.88. The van der Waals surface area contributed by atoms with Crippen LogP contribution in [-0.2, 0) is 4.74 Å². The average Bonchev–Trinajstić information content (AvgIpc) is 3.13. The van der Waals surface area contributed by atoms with E-state index in [1.807, 2.05) is 4.90 Å². The number of amides is 1. The SMILES string of the molecule is O=C(Nc1ccc([N+](=O)[O-])cc1N1CCOCC1)c1ccc([N+](=O)[O-])o1. The second-order valence-corrected chi connectivity index (χ2v) is 5.41. The maximum atomic E-state index is 12.3. The molecule has 0 unspecified atom stereocenters. The lowest BCUT2D eigenvalue weighted by atomic mass is 10.2. The molecule has 1 N–H and O–H groups in total. The normalized spacial score (nSPS) is 14.1. The number of morpholine rings is 1. The molecule has 0 saturated carbocycles. The third kappa shape index (κ3) is 3.62. The van der Waals surface area contributed by atoms with Crippen molar-refractivity contribution < 1.29 is 23.8 Å². The monoisotopic (exact) mass is 362 g/mol. The van der Waals surface area contributed by atoms with Crippen molar-refractivity contribution in [2.75, 3.05) is 36.5 Å². The van der Waals surface area contributed by atoms with Crippen molar-refractivity contribution in [2.24, 2.45) is 0 Å². The first kappa shape index (κ1) is 17.4. The minimum atomic E-state index is -0.748. The maximum Gasteiger partial charge on any atom is 0.433 e. The Morgan fingerprint density at radius 3 is 2.42 bits per heavy atom. The summed E-state index contributed by atoms with van der Waals surface area (Å²) in [4.78, 5) is 34.6. The van der Waals surface area contributed by atoms with Gasteiger partial charge < -0.3 is 19.4 Å². The average molecular weight is 362 g/mol. The summed E-state index contributed by atoms with van der Waals surface area (Å²) in [7, 11) is 0. The molecular weight excluding hydrogens is 348 g/mol. The number of nitro groups is 2. The molecule has 0 atom stereocenters. The van der Waals surface area contributed by atoms with Crippen LogP contribution in [0.15, 0.2) is 34.7 Å². The standard InChI is InChI=1S/C15H14N4O7/c20-15(13-3-4-14(26-13)19(23)24)16-11-2-1-10(18(21)22)9-12(11)17-5-7-25-8-6-17/h1-4,9H,5-8H2,(H,16,20). The molecule has 0 aliphatic carbocycles. The summed E-state index contributed by atoms with van der Waals surface area (Å²) in [6.45, 7) is 1.94. The first-order chi connectivity index (χ1) is 12.5. The van der Waals surface area contributed by atoms with Gasteiger partial charge >= 0.3 is 5.88 Å². The minimum Gasteiger partial charge on any atom is -0.395 e. The van der Waals surface area contributed by atoms with Crippen LogP contribution >= 0.6 is 0 Å². The van der Waals surface area contributed by atoms with Crippen LogP contribution in [0.4, 0.5) is 22.9 Å². The number of nitro benzene ring substituents is 1. The van der Waals surface area contributed by atoms with Crippen LogP contribution in [0.2, 0.25) is 0 Å². The first-order valence-electron chi connectivity index (χ1n) is 7.62. The number of nitrogens with zero attached hydrogens (tertiary/aromatic N) is 3. The molecule has 1 aliphatic heterocycles. The van der Waals surface area contributed by atoms with Gasteiger partial charge in [-0.3, -0.25) is 25.0 Å². The van der Waals surface area contributed by atoms with Gasteiger partial charge in [0.25, 0.3) is 11.6 Å². The van der Waals surface area contributed by atoms with Crippen molar-refractivity contribution in [3.8, 4) is 0 Å². The molecule has 1 saturated heterocycles. The summed E-state index contributed by atoms with van der Waals surface area (Å²) in [6.07, 6.45) is 0. The number of benzene rings is 1. The van der Waals surface area contributed by atoms with E-state index in [4.69, 9.17) is 9.15 Å². The van der Waals surface area contributed by atoms with E-state index in [0.29, 0.717) is 37.7 Å². The Bertz CT molecular complexity index is 857. The van der Waals surface area contributed by atoms with Crippen LogP contribution in [0.1, 0.15) is 10.6 Å². The molecule has 0 bridgehead atoms. The fourth-order valence-electron chi connectivity index (χ4n) is 2.54. The Labute approximate surface area is 146 Å². The van der Waals surface area contributed by atoms with E-state index in [1.165, 1.54) is 24.3 Å². The van der Waals surface area contributed by atoms with Crippen molar-refractivity contribution in [3.63, 3.8) is 0 Å². The van der Waals surface area contributed by atoms with Crippen LogP contribution in [0.5, 0.6) is 0 Å². The molecule has 1 amide bonds. The Morgan fingerprint density at radius 1 is 1.08 bits per heavy atom. The predicted molar refractivity (Wildman–Crippen MR) is 89.4 cm³/mol. The Kier molecular flexibility index (Phi) is 4.80. The maximum absolute atomic E-state index is 12.3. The van der Waals surface area contributed by atoms with Crippen LogP contribution in [0.3, 0.4) is 0 Å². The van der Waals surface area contributed by atoms with Crippen molar-refractivity contribution in [3.05, 3.63) is 56.3 Å². The molecule has 2 aromatic rings. The lowest BCUT2D eigenvalue weighted by Crippen LogP contribution is -2.36. The number of carbonyl (C=O) groups is 1. The number of anilines is 2. The summed E-state index contributed by atoms with van der Waals surface area (Å²) in [5.41, 5.74) is 0.691. The van der Waals surface area contributed by atoms with Gasteiger partial charge in [0.1, 0.15) is 4.92 Å². The zero-order valence-corrected chi connectivity index (χ0v) is 13.4. The van der Waals surface area contributed by atoms with Gasteiger partial charge in [-0.05, 0) is 12.1 Å². The van der Waals surface area contributed by atoms with Crippen LogP contribution in [0.25, 0.3) is 0 Å². The summed E-state index contributed by atoms with van der Waals surface area (Å²) >= 11 is 0. The van der Waals surface area contributed by atoms with E-state index < -0.39 is 21.6 Å². The molecule has 2 heterocycles. The molecule has 1 aliphatic rings. The topological polar surface area (TPSA) is 141 Å². The molecule has 11 nitrogen and oxygen atoms in total. The number of carbonyl (C=O) groups excluding carboxylic acids is 1. The molecule has 3 rings (SSSR count). The van der Waals surface area contributed by atoms with Gasteiger partial charge in [-0.15, -0.1) is 0 Å². The lowest BCUT2D eigenvalue weighted by Gasteiger charge is -2.30. The number of hydrogen-bond acceptors (Lipinski definition) is 8. The van der Waals surface area contributed by atoms with Crippen molar-refractivity contribution in [1.29, 1.82) is 0 Å². The first-order valence-corrected chi connectivity index (χ1v) is 7.62. The van der Waals surface area contributed by atoms with E-state index in [2.05, 4.69) is 5.32 Å². The van der Waals surface area contributed by atoms with Crippen molar-refractivity contribution in [1.82, 2.24) is 0 Å². The molecule has 1 aromatic heterocycles. The number of hydrogen-bond donors (Lipinski definition) is 1. The molecule has 0 spiro atoms. The minimum absolute atomic E-state index is 0.113. The lowest BCUT2D eigenvalue weighted by molar-refractivity contribution is -0.402. The fourth-order valence-corrected chi connectivity index (χ4v) is 2.54. The summed E-state index contributed by atoms with van der Waals surface area (Å²) in [6, 6.07) is 6.31. The highest BCUT2D eigenvalue weighted by molar-refractivity contribution is 6.04. The van der Waals surface area contributed by atoms with Gasteiger partial charge in [-0.25, -0.2) is 0 Å². The van der Waals surface area contributed by atoms with E-state index in [-0.39, 0.29) is 11.4 Å². The predicted octanol–water partition coefficient (Wildman–Crippen LogP) is 2.18. The number of furan rings is 1. The molecule has 1 aromatic carbocycles. The number of non-ortho nitro benzene ring substituents is 1.